The van der Waals surface area contributed by atoms with E-state index in [0.29, 0.717) is 18.4 Å². The third-order valence-corrected chi connectivity index (χ3v) is 7.12. The number of amides is 4. The largest absolute Gasteiger partial charge is 0.326 e. The van der Waals surface area contributed by atoms with Gasteiger partial charge in [0.2, 0.25) is 0 Å². The van der Waals surface area contributed by atoms with E-state index in [2.05, 4.69) is 29.6 Å². The van der Waals surface area contributed by atoms with E-state index in [1.807, 2.05) is 12.1 Å². The van der Waals surface area contributed by atoms with Crippen molar-refractivity contribution in [3.05, 3.63) is 59.7 Å². The minimum atomic E-state index is -1.01. The highest BCUT2D eigenvalue weighted by Crippen LogP contribution is 2.31. The topological polar surface area (TPSA) is 116 Å². The number of carbonyl (C=O) groups excluding carboxylic acids is 4. The molecule has 0 aromatic heterocycles. The Labute approximate surface area is 204 Å². The van der Waals surface area contributed by atoms with Crippen LogP contribution in [0.4, 0.5) is 4.79 Å². The summed E-state index contributed by atoms with van der Waals surface area (Å²) in [6, 6.07) is 13.3. The molecule has 1 aromatic rings. The summed E-state index contributed by atoms with van der Waals surface area (Å²) in [5.41, 5.74) is 5.89. The predicted octanol–water partition coefficient (Wildman–Crippen LogP) is 3.86. The number of urea groups is 1. The number of hydroxylamine groups is 1. The van der Waals surface area contributed by atoms with Crippen molar-refractivity contribution in [1.29, 1.82) is 0 Å². The van der Waals surface area contributed by atoms with Gasteiger partial charge in [-0.3, -0.25) is 19.6 Å². The normalized spacial score (nSPS) is 19.4. The number of fused-ring (bicyclic) bond motifs is 1. The zero-order valence-electron chi connectivity index (χ0n) is 19.8. The first kappa shape index (κ1) is 24.6. The first-order valence-electron chi connectivity index (χ1n) is 12.2. The van der Waals surface area contributed by atoms with Crippen LogP contribution in [0.5, 0.6) is 0 Å². The molecule has 2 fully saturated rings. The van der Waals surface area contributed by atoms with Crippen LogP contribution in [0.3, 0.4) is 0 Å². The molecule has 0 bridgehead atoms. The lowest BCUT2D eigenvalue weighted by atomic mass is 9.83. The minimum Gasteiger partial charge on any atom is -0.326 e. The first-order chi connectivity index (χ1) is 16.9. The molecule has 5 rings (SSSR count). The van der Waals surface area contributed by atoms with Crippen LogP contribution in [0, 0.1) is 5.92 Å². The van der Waals surface area contributed by atoms with Crippen molar-refractivity contribution in [3.63, 3.8) is 0 Å². The maximum atomic E-state index is 13.0. The number of hydrogen-bond acceptors (Lipinski definition) is 5. The lowest BCUT2D eigenvalue weighted by molar-refractivity contribution is -0.143. The van der Waals surface area contributed by atoms with Crippen molar-refractivity contribution in [2.45, 2.75) is 64.0 Å². The molecule has 35 heavy (non-hydrogen) atoms. The van der Waals surface area contributed by atoms with Gasteiger partial charge in [0, 0.05) is 5.56 Å². The summed E-state index contributed by atoms with van der Waals surface area (Å²) in [4.78, 5) is 50.6. The fraction of sp³-hybridized carbons (Fsp3) is 0.407. The van der Waals surface area contributed by atoms with Crippen LogP contribution >= 0.6 is 0 Å². The van der Waals surface area contributed by atoms with Crippen LogP contribution < -0.4 is 10.8 Å². The summed E-state index contributed by atoms with van der Waals surface area (Å²) < 4.78 is 0. The highest BCUT2D eigenvalue weighted by molar-refractivity contribution is 6.07. The number of nitrogens with zero attached hydrogens (tertiary/aromatic N) is 1. The SMILES string of the molecule is CC(=O)c1ccccc1CCC1NC(=O)N(C(C(=O)NO)C2CCCCC2)C1=O.c1cc2ccc1-2. The van der Waals surface area contributed by atoms with E-state index in [1.165, 1.54) is 18.1 Å². The molecule has 1 saturated carbocycles. The summed E-state index contributed by atoms with van der Waals surface area (Å²) in [5.74, 6) is -1.42. The molecule has 4 amide bonds. The predicted molar refractivity (Wildman–Crippen MR) is 130 cm³/mol. The van der Waals surface area contributed by atoms with Crippen molar-refractivity contribution >= 4 is 23.6 Å². The number of aryl methyl sites for hydroxylation is 1. The molecular formula is C27H31N3O5. The summed E-state index contributed by atoms with van der Waals surface area (Å²) in [6.45, 7) is 1.49. The quantitative estimate of drug-likeness (QED) is 0.207. The Morgan fingerprint density at radius 1 is 1.03 bits per heavy atom. The molecule has 184 valence electrons. The van der Waals surface area contributed by atoms with Crippen molar-refractivity contribution < 1.29 is 24.4 Å². The lowest BCUT2D eigenvalue weighted by Crippen LogP contribution is -2.53. The molecule has 8 nitrogen and oxygen atoms in total. The Morgan fingerprint density at radius 3 is 2.20 bits per heavy atom. The van der Waals surface area contributed by atoms with Gasteiger partial charge in [0.05, 0.1) is 0 Å². The number of imide groups is 1. The molecule has 2 unspecified atom stereocenters. The van der Waals surface area contributed by atoms with Gasteiger partial charge in [-0.25, -0.2) is 15.2 Å². The highest BCUT2D eigenvalue weighted by Gasteiger charge is 2.47. The molecule has 3 N–H and O–H groups in total. The molecule has 8 heteroatoms. The van der Waals surface area contributed by atoms with Crippen molar-refractivity contribution in [3.8, 4) is 11.1 Å². The Kier molecular flexibility index (Phi) is 7.60. The Balaban J connectivity index is 0.000000411. The third kappa shape index (κ3) is 5.27. The molecule has 3 aliphatic carbocycles. The van der Waals surface area contributed by atoms with E-state index in [-0.39, 0.29) is 11.7 Å². The van der Waals surface area contributed by atoms with Crippen LogP contribution in [0.1, 0.15) is 61.4 Å². The summed E-state index contributed by atoms with van der Waals surface area (Å²) in [7, 11) is 0. The van der Waals surface area contributed by atoms with E-state index < -0.39 is 29.9 Å². The van der Waals surface area contributed by atoms with E-state index in [1.54, 1.807) is 17.6 Å². The number of benzene rings is 2. The number of hydrogen-bond donors (Lipinski definition) is 3. The second-order valence-corrected chi connectivity index (χ2v) is 9.36. The molecule has 2 atom stereocenters. The van der Waals surface area contributed by atoms with Gasteiger partial charge >= 0.3 is 6.03 Å². The van der Waals surface area contributed by atoms with Gasteiger partial charge in [-0.15, -0.1) is 0 Å². The Bertz CT molecular complexity index is 1090. The second kappa shape index (κ2) is 10.8. The molecule has 0 spiro atoms. The first-order valence-corrected chi connectivity index (χ1v) is 12.2. The molecule has 0 radical (unpaired) electrons. The molecule has 1 aliphatic heterocycles. The minimum absolute atomic E-state index is 0.0546. The molecule has 1 aromatic carbocycles. The number of nitrogens with one attached hydrogen (secondary N) is 2. The molecule has 1 saturated heterocycles. The number of ketones is 1. The highest BCUT2D eigenvalue weighted by atomic mass is 16.5. The lowest BCUT2D eigenvalue weighted by Gasteiger charge is -2.33. The van der Waals surface area contributed by atoms with Gasteiger partial charge in [0.1, 0.15) is 12.1 Å². The fourth-order valence-electron chi connectivity index (χ4n) is 5.11. The van der Waals surface area contributed by atoms with Gasteiger partial charge in [0.25, 0.3) is 11.8 Å². The van der Waals surface area contributed by atoms with Crippen LogP contribution in [0.2, 0.25) is 0 Å². The summed E-state index contributed by atoms with van der Waals surface area (Å²) >= 11 is 0. The van der Waals surface area contributed by atoms with Crippen molar-refractivity contribution in [2.24, 2.45) is 5.92 Å². The fourth-order valence-corrected chi connectivity index (χ4v) is 5.11. The summed E-state index contributed by atoms with van der Waals surface area (Å²) in [5, 5.41) is 11.8. The van der Waals surface area contributed by atoms with Crippen molar-refractivity contribution in [2.75, 3.05) is 0 Å². The van der Waals surface area contributed by atoms with Crippen LogP contribution in [0.25, 0.3) is 11.1 Å². The van der Waals surface area contributed by atoms with Gasteiger partial charge in [0.15, 0.2) is 5.78 Å². The van der Waals surface area contributed by atoms with Crippen LogP contribution in [-0.4, -0.2) is 45.8 Å². The van der Waals surface area contributed by atoms with Gasteiger partial charge in [-0.1, -0.05) is 67.8 Å². The second-order valence-electron chi connectivity index (χ2n) is 9.36. The van der Waals surface area contributed by atoms with E-state index in [9.17, 15) is 19.2 Å². The van der Waals surface area contributed by atoms with Crippen LogP contribution in [0.15, 0.2) is 48.5 Å². The average Bonchev–Trinajstić information content (AvgIpc) is 3.14. The standard InChI is InChI=1S/C21H27N3O5.C6H4/c1-13(25)16-10-6-5-7-14(16)11-12-17-20(27)24(21(28)22-17)18(19(26)23-29)15-8-3-2-4-9-15;1-2-6-4-3-5(1)6/h5-7,10,15,17-18,29H,2-4,8-9,11-12H2,1H3,(H,22,28)(H,23,26);1-4H. The van der Waals surface area contributed by atoms with Crippen LogP contribution in [-0.2, 0) is 16.0 Å². The molecule has 4 aliphatic rings. The maximum absolute atomic E-state index is 13.0. The third-order valence-electron chi connectivity index (χ3n) is 7.12. The number of Topliss-reactive ketones (excluding diaryl/α,β-unsaturated/α-hetero) is 1. The van der Waals surface area contributed by atoms with Gasteiger partial charge in [-0.05, 0) is 55.2 Å². The van der Waals surface area contributed by atoms with Gasteiger partial charge in [-0.2, -0.15) is 0 Å². The molecular weight excluding hydrogens is 446 g/mol. The molecule has 1 heterocycles. The van der Waals surface area contributed by atoms with Crippen molar-refractivity contribution in [1.82, 2.24) is 15.7 Å². The zero-order valence-corrected chi connectivity index (χ0v) is 19.8. The van der Waals surface area contributed by atoms with E-state index in [4.69, 9.17) is 5.21 Å². The summed E-state index contributed by atoms with van der Waals surface area (Å²) in [6.07, 6.45) is 5.13. The van der Waals surface area contributed by atoms with E-state index >= 15 is 0 Å². The van der Waals surface area contributed by atoms with E-state index in [0.717, 1.165) is 42.6 Å². The van der Waals surface area contributed by atoms with Gasteiger partial charge < -0.3 is 5.32 Å². The Morgan fingerprint density at radius 2 is 1.66 bits per heavy atom. The monoisotopic (exact) mass is 477 g/mol. The number of carbonyl (C=O) groups is 4. The average molecular weight is 478 g/mol. The Hall–Kier alpha value is -3.52. The maximum Gasteiger partial charge on any atom is 0.325 e. The smallest absolute Gasteiger partial charge is 0.325 e. The number of rotatable bonds is 7. The zero-order chi connectivity index (χ0) is 24.9.